The normalized spacial score (nSPS) is 16.7. The summed E-state index contributed by atoms with van der Waals surface area (Å²) in [5, 5.41) is 2.94. The minimum Gasteiger partial charge on any atom is -0.368 e. The van der Waals surface area contributed by atoms with Crippen LogP contribution in [0.15, 0.2) is 10.7 Å². The molecule has 0 unspecified atom stereocenters. The van der Waals surface area contributed by atoms with Crippen LogP contribution in [0.5, 0.6) is 0 Å². The molecule has 0 aromatic carbocycles. The minimum atomic E-state index is 0.0286. The monoisotopic (exact) mass is 313 g/mol. The second kappa shape index (κ2) is 5.51. The Morgan fingerprint density at radius 1 is 1.56 bits per heavy atom. The van der Waals surface area contributed by atoms with Crippen LogP contribution in [0.4, 0.5) is 11.8 Å². The predicted octanol–water partition coefficient (Wildman–Crippen LogP) is 0.926. The quantitative estimate of drug-likeness (QED) is 0.848. The van der Waals surface area contributed by atoms with Gasteiger partial charge in [0, 0.05) is 32.3 Å². The molecule has 6 nitrogen and oxygen atoms in total. The van der Waals surface area contributed by atoms with Crippen LogP contribution >= 0.6 is 15.9 Å². The number of nitrogens with zero attached hydrogens (tertiary/aromatic N) is 3. The fourth-order valence-electron chi connectivity index (χ4n) is 2.12. The van der Waals surface area contributed by atoms with Gasteiger partial charge in [0.15, 0.2) is 0 Å². The lowest BCUT2D eigenvalue weighted by Crippen LogP contribution is -2.44. The van der Waals surface area contributed by atoms with Gasteiger partial charge in [-0.1, -0.05) is 0 Å². The summed E-state index contributed by atoms with van der Waals surface area (Å²) in [5.41, 5.74) is 5.60. The molecule has 0 aliphatic carbocycles. The molecule has 2 heterocycles. The number of carbonyl (C=O) groups excluding carboxylic acids is 1. The minimum absolute atomic E-state index is 0.0286. The number of aromatic nitrogens is 2. The van der Waals surface area contributed by atoms with Crippen LogP contribution < -0.4 is 16.0 Å². The zero-order valence-corrected chi connectivity index (χ0v) is 11.8. The Morgan fingerprint density at radius 2 is 2.22 bits per heavy atom. The average Bonchev–Trinajstić information content (AvgIpc) is 2.33. The third-order valence-corrected chi connectivity index (χ3v) is 3.51. The first kappa shape index (κ1) is 13.1. The first-order valence-corrected chi connectivity index (χ1v) is 6.65. The van der Waals surface area contributed by atoms with E-state index in [-0.39, 0.29) is 17.9 Å². The third-order valence-electron chi connectivity index (χ3n) is 2.95. The molecule has 0 saturated carbocycles. The molecule has 1 aliphatic heterocycles. The molecule has 0 bridgehead atoms. The van der Waals surface area contributed by atoms with Crippen molar-refractivity contribution in [1.29, 1.82) is 0 Å². The number of rotatable bonds is 2. The second-order valence-electron chi connectivity index (χ2n) is 4.36. The van der Waals surface area contributed by atoms with Gasteiger partial charge in [-0.15, -0.1) is 0 Å². The van der Waals surface area contributed by atoms with Crippen molar-refractivity contribution >= 4 is 33.6 Å². The number of piperidine rings is 1. The van der Waals surface area contributed by atoms with Gasteiger partial charge in [0.25, 0.3) is 0 Å². The molecule has 7 heteroatoms. The fraction of sp³-hybridized carbons (Fsp3) is 0.545. The Balaban J connectivity index is 2.01. The van der Waals surface area contributed by atoms with Crippen LogP contribution in [0.3, 0.4) is 0 Å². The molecule has 0 atom stereocenters. The summed E-state index contributed by atoms with van der Waals surface area (Å²) in [7, 11) is 0. The highest BCUT2D eigenvalue weighted by molar-refractivity contribution is 9.10. The SMILES string of the molecule is CC(=O)NC1CCN(c2nc(N)ncc2Br)CC1. The average molecular weight is 314 g/mol. The number of nitrogens with one attached hydrogen (secondary N) is 1. The second-order valence-corrected chi connectivity index (χ2v) is 5.22. The molecule has 1 saturated heterocycles. The van der Waals surface area contributed by atoms with Gasteiger partial charge in [0.2, 0.25) is 11.9 Å². The van der Waals surface area contributed by atoms with Gasteiger partial charge < -0.3 is 16.0 Å². The van der Waals surface area contributed by atoms with Crippen LogP contribution in [-0.4, -0.2) is 35.0 Å². The zero-order chi connectivity index (χ0) is 13.1. The largest absolute Gasteiger partial charge is 0.368 e. The van der Waals surface area contributed by atoms with Gasteiger partial charge in [0.05, 0.1) is 4.47 Å². The highest BCUT2D eigenvalue weighted by Crippen LogP contribution is 2.26. The Labute approximate surface area is 114 Å². The van der Waals surface area contributed by atoms with Crippen molar-refractivity contribution in [3.8, 4) is 0 Å². The van der Waals surface area contributed by atoms with E-state index in [1.807, 2.05) is 0 Å². The summed E-state index contributed by atoms with van der Waals surface area (Å²) in [6.45, 7) is 3.24. The Bertz CT molecular complexity index is 445. The highest BCUT2D eigenvalue weighted by atomic mass is 79.9. The van der Waals surface area contributed by atoms with E-state index < -0.39 is 0 Å². The first-order valence-electron chi connectivity index (χ1n) is 5.86. The number of carbonyl (C=O) groups is 1. The summed E-state index contributed by atoms with van der Waals surface area (Å²) >= 11 is 3.43. The lowest BCUT2D eigenvalue weighted by atomic mass is 10.1. The van der Waals surface area contributed by atoms with Crippen molar-refractivity contribution < 1.29 is 4.79 Å². The molecule has 1 fully saturated rings. The van der Waals surface area contributed by atoms with Gasteiger partial charge in [0.1, 0.15) is 5.82 Å². The molecule has 1 amide bonds. The number of hydrogen-bond donors (Lipinski definition) is 2. The predicted molar refractivity (Wildman–Crippen MR) is 73.2 cm³/mol. The van der Waals surface area contributed by atoms with Crippen LogP contribution in [0.2, 0.25) is 0 Å². The number of halogens is 1. The van der Waals surface area contributed by atoms with E-state index in [9.17, 15) is 4.79 Å². The van der Waals surface area contributed by atoms with Crippen molar-refractivity contribution in [3.63, 3.8) is 0 Å². The number of nitrogen functional groups attached to an aromatic ring is 1. The Morgan fingerprint density at radius 3 is 2.83 bits per heavy atom. The van der Waals surface area contributed by atoms with Crippen LogP contribution in [-0.2, 0) is 4.79 Å². The van der Waals surface area contributed by atoms with E-state index in [0.717, 1.165) is 36.2 Å². The van der Waals surface area contributed by atoms with Crippen molar-refractivity contribution in [2.24, 2.45) is 0 Å². The molecule has 1 aromatic rings. The number of anilines is 2. The third kappa shape index (κ3) is 3.10. The van der Waals surface area contributed by atoms with E-state index in [4.69, 9.17) is 5.73 Å². The molecule has 1 aromatic heterocycles. The summed E-state index contributed by atoms with van der Waals surface area (Å²) in [6, 6.07) is 0.261. The van der Waals surface area contributed by atoms with Crippen molar-refractivity contribution in [1.82, 2.24) is 15.3 Å². The molecule has 0 radical (unpaired) electrons. The van der Waals surface area contributed by atoms with Crippen LogP contribution in [0.1, 0.15) is 19.8 Å². The Hall–Kier alpha value is -1.37. The summed E-state index contributed by atoms with van der Waals surface area (Å²) in [5.74, 6) is 1.13. The summed E-state index contributed by atoms with van der Waals surface area (Å²) in [6.07, 6.45) is 3.49. The van der Waals surface area contributed by atoms with E-state index in [1.165, 1.54) is 0 Å². The smallest absolute Gasteiger partial charge is 0.222 e. The van der Waals surface area contributed by atoms with Gasteiger partial charge in [-0.3, -0.25) is 4.79 Å². The molecular weight excluding hydrogens is 298 g/mol. The molecule has 1 aliphatic rings. The molecule has 18 heavy (non-hydrogen) atoms. The van der Waals surface area contributed by atoms with Gasteiger partial charge in [-0.25, -0.2) is 4.98 Å². The summed E-state index contributed by atoms with van der Waals surface area (Å²) in [4.78, 5) is 21.3. The molecule has 2 rings (SSSR count). The van der Waals surface area contributed by atoms with Crippen molar-refractivity contribution in [3.05, 3.63) is 10.7 Å². The first-order chi connectivity index (χ1) is 8.56. The van der Waals surface area contributed by atoms with Crippen LogP contribution in [0, 0.1) is 0 Å². The molecule has 3 N–H and O–H groups in total. The number of amides is 1. The summed E-state index contributed by atoms with van der Waals surface area (Å²) < 4.78 is 0.842. The Kier molecular flexibility index (Phi) is 4.00. The maximum atomic E-state index is 11.0. The highest BCUT2D eigenvalue weighted by Gasteiger charge is 2.22. The van der Waals surface area contributed by atoms with E-state index in [1.54, 1.807) is 13.1 Å². The number of nitrogens with two attached hydrogens (primary N) is 1. The van der Waals surface area contributed by atoms with Crippen molar-refractivity contribution in [2.45, 2.75) is 25.8 Å². The van der Waals surface area contributed by atoms with Gasteiger partial charge >= 0.3 is 0 Å². The topological polar surface area (TPSA) is 84.1 Å². The van der Waals surface area contributed by atoms with E-state index >= 15 is 0 Å². The maximum absolute atomic E-state index is 11.0. The van der Waals surface area contributed by atoms with Gasteiger partial charge in [-0.2, -0.15) is 4.98 Å². The molecule has 98 valence electrons. The van der Waals surface area contributed by atoms with Crippen molar-refractivity contribution in [2.75, 3.05) is 23.7 Å². The molecular formula is C11H16BrN5O. The fourth-order valence-corrected chi connectivity index (χ4v) is 2.56. The van der Waals surface area contributed by atoms with E-state index in [2.05, 4.69) is 36.1 Å². The van der Waals surface area contributed by atoms with E-state index in [0.29, 0.717) is 0 Å². The van der Waals surface area contributed by atoms with Crippen LogP contribution in [0.25, 0.3) is 0 Å². The standard InChI is InChI=1S/C11H16BrN5O/c1-7(18)15-8-2-4-17(5-3-8)10-9(12)6-14-11(13)16-10/h6,8H,2-5H2,1H3,(H,15,18)(H2,13,14,16). The van der Waals surface area contributed by atoms with Gasteiger partial charge in [-0.05, 0) is 28.8 Å². The lowest BCUT2D eigenvalue weighted by Gasteiger charge is -2.33. The molecule has 0 spiro atoms. The lowest BCUT2D eigenvalue weighted by molar-refractivity contribution is -0.119. The maximum Gasteiger partial charge on any atom is 0.222 e. The zero-order valence-electron chi connectivity index (χ0n) is 10.2. The number of hydrogen-bond acceptors (Lipinski definition) is 5.